The molecule has 4 N–H and O–H groups in total. The average Bonchev–Trinajstić information content (AvgIpc) is 4.13. The molecule has 0 saturated heterocycles. The largest absolute Gasteiger partial charge is 0.806 e. The number of rotatable bonds is 12. The van der Waals surface area contributed by atoms with Crippen LogP contribution in [-0.4, -0.2) is 72.9 Å². The highest BCUT2D eigenvalue weighted by Crippen LogP contribution is 2.36. The third kappa shape index (κ3) is 13.4. The number of hydrogen-bond acceptors (Lipinski definition) is 14. The summed E-state index contributed by atoms with van der Waals surface area (Å²) in [5.41, 5.74) is 11.1. The minimum atomic E-state index is -4.20. The third-order valence-corrected chi connectivity index (χ3v) is 12.4. The van der Waals surface area contributed by atoms with Gasteiger partial charge in [0.2, 0.25) is 5.03 Å². The Hall–Kier alpha value is -7.47. The summed E-state index contributed by atoms with van der Waals surface area (Å²) in [6, 6.07) is 9.45. The standard InChI is InChI=1S/C19H22FN5O4S.C14H19N5O3S.C12H13FN2O/c1-11(2)15-7-14(20)8-16(13-9-21-29-10-13)18(15)22-19(26)24-30(27,28)17-5-6-25(23-17)12(3)4;1-11(2)19-10-7-13(15-19)23(21,22)16-14(20)18-8-5-12(6-9-18)17(3)4;1-7(2)10-3-9(13)4-11(12(10)14)8-5-15-16-6-8/h5-12H,1-4H3,(H2,22,24,26);5-11H,1-4H3;3-7H,14H2,1-2H3. The minimum Gasteiger partial charge on any atom is -0.806 e. The summed E-state index contributed by atoms with van der Waals surface area (Å²) in [4.78, 5) is 14.4. The summed E-state index contributed by atoms with van der Waals surface area (Å²) in [5.74, 6) is -0.788. The Morgan fingerprint density at radius 1 is 0.768 bits per heavy atom. The molecule has 0 atom stereocenters. The molecule has 368 valence electrons. The van der Waals surface area contributed by atoms with Crippen LogP contribution in [0.1, 0.15) is 90.4 Å². The van der Waals surface area contributed by atoms with Crippen LogP contribution in [0.15, 0.2) is 122 Å². The van der Waals surface area contributed by atoms with Crippen LogP contribution in [0, 0.1) is 11.6 Å². The quantitative estimate of drug-likeness (QED) is 0.0489. The first kappa shape index (κ1) is 52.5. The molecule has 0 aliphatic carbocycles. The normalized spacial score (nSPS) is 11.9. The first-order valence-corrected chi connectivity index (χ1v) is 24.2. The summed E-state index contributed by atoms with van der Waals surface area (Å²) in [5, 5.41) is 29.1. The lowest BCUT2D eigenvalue weighted by atomic mass is 9.95. The molecule has 0 fully saturated rings. The number of nitrogens with one attached hydrogen (secondary N) is 2. The molecule has 0 spiro atoms. The van der Waals surface area contributed by atoms with Gasteiger partial charge in [0.25, 0.3) is 16.0 Å². The number of anilines is 3. The molecule has 0 saturated carbocycles. The molecular formula is C45H54F2N12O8S2. The van der Waals surface area contributed by atoms with E-state index in [0.717, 1.165) is 15.8 Å². The van der Waals surface area contributed by atoms with Gasteiger partial charge in [0.15, 0.2) is 5.03 Å². The van der Waals surface area contributed by atoms with Crippen LogP contribution in [-0.2, 0) is 20.0 Å². The van der Waals surface area contributed by atoms with E-state index in [9.17, 15) is 35.5 Å². The summed E-state index contributed by atoms with van der Waals surface area (Å²) < 4.78 is 95.8. The molecule has 2 amide bonds. The van der Waals surface area contributed by atoms with Crippen molar-refractivity contribution in [2.75, 3.05) is 30.0 Å². The monoisotopic (exact) mass is 992 g/mol. The number of pyridine rings is 1. The molecule has 0 bridgehead atoms. The molecule has 7 rings (SSSR count). The van der Waals surface area contributed by atoms with Gasteiger partial charge in [0, 0.05) is 88.7 Å². The Morgan fingerprint density at radius 3 is 1.74 bits per heavy atom. The van der Waals surface area contributed by atoms with E-state index in [1.54, 1.807) is 12.1 Å². The van der Waals surface area contributed by atoms with Crippen LogP contribution in [0.3, 0.4) is 0 Å². The molecule has 24 heteroatoms. The number of halogens is 2. The topological polar surface area (TPSA) is 266 Å². The SMILES string of the molecule is CC(C)c1cc(F)cc(-c2cnoc2)c1N.CC(C)c1cc(F)cc(-c2cnoc2)c1NC(=O)NS(=O)(=O)c1ccn(C(C)C)n1.CC(C)n1ccc(S(=O)(=O)N=C([O-])[n+]2ccc(N(C)C)cc2)n1. The van der Waals surface area contributed by atoms with Gasteiger partial charge in [0.1, 0.15) is 24.2 Å². The fraction of sp³-hybridized carbons (Fsp3) is 0.311. The Bertz CT molecular complexity index is 3100. The van der Waals surface area contributed by atoms with Gasteiger partial charge in [-0.25, -0.2) is 22.9 Å². The molecule has 2 aromatic carbocycles. The van der Waals surface area contributed by atoms with Crippen LogP contribution < -0.4 is 30.3 Å². The summed E-state index contributed by atoms with van der Waals surface area (Å²) in [6.07, 6.45) is 11.6. The smallest absolute Gasteiger partial charge is 0.388 e. The Morgan fingerprint density at radius 2 is 1.26 bits per heavy atom. The second-order valence-corrected chi connectivity index (χ2v) is 19.9. The van der Waals surface area contributed by atoms with E-state index in [4.69, 9.17) is 14.8 Å². The molecule has 5 heterocycles. The lowest BCUT2D eigenvalue weighted by Gasteiger charge is -2.18. The zero-order valence-electron chi connectivity index (χ0n) is 39.5. The second kappa shape index (κ2) is 22.1. The van der Waals surface area contributed by atoms with Crippen LogP contribution in [0.4, 0.5) is 30.6 Å². The molecule has 7 aromatic rings. The van der Waals surface area contributed by atoms with Crippen molar-refractivity contribution in [2.45, 2.75) is 89.4 Å². The van der Waals surface area contributed by atoms with E-state index >= 15 is 0 Å². The fourth-order valence-electron chi connectivity index (χ4n) is 6.33. The van der Waals surface area contributed by atoms with Gasteiger partial charge in [-0.15, -0.1) is 0 Å². The zero-order chi connectivity index (χ0) is 51.0. The number of benzene rings is 2. The highest BCUT2D eigenvalue weighted by Gasteiger charge is 2.26. The first-order chi connectivity index (χ1) is 32.4. The average molecular weight is 993 g/mol. The highest BCUT2D eigenvalue weighted by atomic mass is 32.2. The van der Waals surface area contributed by atoms with Crippen LogP contribution in [0.2, 0.25) is 0 Å². The molecular weight excluding hydrogens is 939 g/mol. The van der Waals surface area contributed by atoms with Gasteiger partial charge in [-0.2, -0.15) is 27.0 Å². The van der Waals surface area contributed by atoms with E-state index < -0.39 is 37.9 Å². The van der Waals surface area contributed by atoms with Gasteiger partial charge in [0.05, 0.1) is 30.5 Å². The van der Waals surface area contributed by atoms with Gasteiger partial charge < -0.3 is 30.1 Å². The van der Waals surface area contributed by atoms with Crippen molar-refractivity contribution in [3.05, 3.63) is 121 Å². The van der Waals surface area contributed by atoms with Crippen LogP contribution in [0.25, 0.3) is 22.3 Å². The van der Waals surface area contributed by atoms with Crippen molar-refractivity contribution < 1.29 is 49.1 Å². The predicted octanol–water partition coefficient (Wildman–Crippen LogP) is 6.85. The fourth-order valence-corrected chi connectivity index (χ4v) is 8.00. The minimum absolute atomic E-state index is 0.0163. The van der Waals surface area contributed by atoms with E-state index in [1.807, 2.05) is 79.1 Å². The van der Waals surface area contributed by atoms with Crippen molar-refractivity contribution in [3.8, 4) is 22.3 Å². The molecule has 69 heavy (non-hydrogen) atoms. The maximum atomic E-state index is 14.2. The number of urea groups is 1. The van der Waals surface area contributed by atoms with E-state index in [-0.39, 0.29) is 45.5 Å². The lowest BCUT2D eigenvalue weighted by molar-refractivity contribution is -0.613. The Kier molecular flexibility index (Phi) is 16.8. The van der Waals surface area contributed by atoms with Gasteiger partial charge in [-0.05, 0) is 87.1 Å². The molecule has 0 aliphatic rings. The number of hydrogen-bond donors (Lipinski definition) is 3. The maximum absolute atomic E-state index is 14.2. The second-order valence-electron chi connectivity index (χ2n) is 16.7. The number of nitrogen functional groups attached to an aromatic ring is 1. The first-order valence-electron chi connectivity index (χ1n) is 21.2. The maximum Gasteiger partial charge on any atom is 0.388 e. The number of nitrogens with zero attached hydrogens (tertiary/aromatic N) is 9. The van der Waals surface area contributed by atoms with Gasteiger partial charge in [-0.3, -0.25) is 9.36 Å². The number of carbonyl (C=O) groups is 1. The van der Waals surface area contributed by atoms with Crippen molar-refractivity contribution in [1.29, 1.82) is 0 Å². The lowest BCUT2D eigenvalue weighted by Crippen LogP contribution is -2.51. The Balaban J connectivity index is 0.000000202. The molecule has 0 radical (unpaired) electrons. The van der Waals surface area contributed by atoms with Gasteiger partial charge >= 0.3 is 16.1 Å². The van der Waals surface area contributed by atoms with E-state index in [1.165, 1.54) is 95.5 Å². The van der Waals surface area contributed by atoms with Crippen molar-refractivity contribution >= 4 is 49.2 Å². The predicted molar refractivity (Wildman–Crippen MR) is 252 cm³/mol. The van der Waals surface area contributed by atoms with Crippen molar-refractivity contribution in [3.63, 3.8) is 0 Å². The number of aromatic nitrogens is 7. The third-order valence-electron chi connectivity index (χ3n) is 10.0. The molecule has 0 aliphatic heterocycles. The van der Waals surface area contributed by atoms with E-state index in [2.05, 4.69) is 30.2 Å². The van der Waals surface area contributed by atoms with E-state index in [0.29, 0.717) is 33.5 Å². The molecule has 0 unspecified atom stereocenters. The Labute approximate surface area is 398 Å². The van der Waals surface area contributed by atoms with Gasteiger partial charge in [-0.1, -0.05) is 38.0 Å². The molecule has 20 nitrogen and oxygen atoms in total. The summed E-state index contributed by atoms with van der Waals surface area (Å²) in [7, 11) is -4.61. The summed E-state index contributed by atoms with van der Waals surface area (Å²) >= 11 is 0. The van der Waals surface area contributed by atoms with Crippen LogP contribution >= 0.6 is 0 Å². The van der Waals surface area contributed by atoms with Crippen molar-refractivity contribution in [2.24, 2.45) is 4.40 Å². The molecule has 5 aromatic heterocycles. The number of nitrogens with two attached hydrogens (primary N) is 1. The number of carbonyl (C=O) groups excluding carboxylic acids is 1. The van der Waals surface area contributed by atoms with Crippen LogP contribution in [0.5, 0.6) is 0 Å². The van der Waals surface area contributed by atoms with Crippen molar-refractivity contribution in [1.82, 2.24) is 34.6 Å². The number of amides is 2. The number of sulfonamides is 2. The summed E-state index contributed by atoms with van der Waals surface area (Å²) in [6.45, 7) is 15.0. The highest BCUT2D eigenvalue weighted by molar-refractivity contribution is 7.90. The zero-order valence-corrected chi connectivity index (χ0v) is 41.1.